The van der Waals surface area contributed by atoms with E-state index < -0.39 is 5.72 Å². The van der Waals surface area contributed by atoms with Crippen LogP contribution in [0.3, 0.4) is 0 Å². The Bertz CT molecular complexity index is 787. The number of amides is 2. The first-order chi connectivity index (χ1) is 10.1. The van der Waals surface area contributed by atoms with Crippen molar-refractivity contribution in [3.8, 4) is 5.75 Å². The zero-order chi connectivity index (χ0) is 14.6. The van der Waals surface area contributed by atoms with Crippen LogP contribution in [-0.2, 0) is 10.5 Å². The van der Waals surface area contributed by atoms with E-state index in [9.17, 15) is 9.59 Å². The summed E-state index contributed by atoms with van der Waals surface area (Å²) >= 11 is 0. The molecule has 0 bridgehead atoms. The first-order valence-electron chi connectivity index (χ1n) is 6.62. The Morgan fingerprint density at radius 3 is 2.62 bits per heavy atom. The third-order valence-electron chi connectivity index (χ3n) is 3.93. The van der Waals surface area contributed by atoms with Crippen LogP contribution in [0.15, 0.2) is 48.5 Å². The van der Waals surface area contributed by atoms with Crippen molar-refractivity contribution in [1.82, 2.24) is 5.32 Å². The number of benzene rings is 2. The van der Waals surface area contributed by atoms with E-state index in [4.69, 9.17) is 4.74 Å². The molecule has 0 unspecified atom stereocenters. The Kier molecular flexibility index (Phi) is 2.19. The molecule has 0 radical (unpaired) electrons. The van der Waals surface area contributed by atoms with E-state index in [-0.39, 0.29) is 11.8 Å². The average molecular weight is 280 g/mol. The second-order valence-electron chi connectivity index (χ2n) is 5.11. The number of para-hydroxylation sites is 2. The fourth-order valence-corrected chi connectivity index (χ4v) is 2.90. The van der Waals surface area contributed by atoms with Gasteiger partial charge in [0.2, 0.25) is 0 Å². The van der Waals surface area contributed by atoms with Crippen molar-refractivity contribution in [3.05, 3.63) is 59.7 Å². The Balaban J connectivity index is 1.94. The normalized spacial score (nSPS) is 22.6. The number of likely N-dealkylation sites (N-methyl/N-ethyl adjacent to an activating group) is 1. The van der Waals surface area contributed by atoms with E-state index in [2.05, 4.69) is 5.32 Å². The number of carbonyl (C=O) groups excluding carboxylic acids is 2. The number of hydrogen-bond donors (Lipinski definition) is 1. The van der Waals surface area contributed by atoms with Gasteiger partial charge in [0.1, 0.15) is 5.75 Å². The summed E-state index contributed by atoms with van der Waals surface area (Å²) in [6, 6.07) is 14.2. The van der Waals surface area contributed by atoms with Crippen molar-refractivity contribution in [1.29, 1.82) is 0 Å². The summed E-state index contributed by atoms with van der Waals surface area (Å²) in [6.07, 6.45) is 0. The lowest BCUT2D eigenvalue weighted by atomic mass is 10.0. The zero-order valence-corrected chi connectivity index (χ0v) is 11.3. The van der Waals surface area contributed by atoms with Crippen molar-refractivity contribution < 1.29 is 14.3 Å². The fraction of sp³-hybridized carbons (Fsp3) is 0.125. The minimum absolute atomic E-state index is 0.299. The second-order valence-corrected chi connectivity index (χ2v) is 5.11. The number of hydrogen-bond acceptors (Lipinski definition) is 3. The van der Waals surface area contributed by atoms with E-state index in [1.807, 2.05) is 18.2 Å². The third-order valence-corrected chi connectivity index (χ3v) is 3.93. The summed E-state index contributed by atoms with van der Waals surface area (Å²) in [5, 5.41) is 2.73. The van der Waals surface area contributed by atoms with Crippen molar-refractivity contribution in [3.63, 3.8) is 0 Å². The molecular formula is C16H12N2O3. The van der Waals surface area contributed by atoms with Gasteiger partial charge in [0.15, 0.2) is 0 Å². The Morgan fingerprint density at radius 1 is 1.05 bits per heavy atom. The molecule has 21 heavy (non-hydrogen) atoms. The maximum Gasteiger partial charge on any atom is 0.297 e. The van der Waals surface area contributed by atoms with Crippen LogP contribution in [-0.4, -0.2) is 18.9 Å². The molecule has 2 aliphatic rings. The average Bonchev–Trinajstić information content (AvgIpc) is 2.71. The number of nitrogens with one attached hydrogen (secondary N) is 1. The third kappa shape index (κ3) is 1.40. The number of ether oxygens (including phenoxy) is 1. The van der Waals surface area contributed by atoms with Crippen LogP contribution < -0.4 is 15.0 Å². The van der Waals surface area contributed by atoms with Gasteiger partial charge in [0, 0.05) is 7.05 Å². The van der Waals surface area contributed by atoms with Gasteiger partial charge < -0.3 is 15.0 Å². The van der Waals surface area contributed by atoms with Gasteiger partial charge in [-0.25, -0.2) is 0 Å². The summed E-state index contributed by atoms with van der Waals surface area (Å²) in [7, 11) is 1.67. The maximum atomic E-state index is 12.7. The molecule has 0 saturated carbocycles. The topological polar surface area (TPSA) is 58.6 Å². The van der Waals surface area contributed by atoms with Crippen molar-refractivity contribution in [2.75, 3.05) is 11.9 Å². The Morgan fingerprint density at radius 2 is 1.76 bits per heavy atom. The molecular weight excluding hydrogens is 268 g/mol. The van der Waals surface area contributed by atoms with E-state index >= 15 is 0 Å². The Hall–Kier alpha value is -2.82. The monoisotopic (exact) mass is 280 g/mol. The molecule has 2 aromatic carbocycles. The molecule has 4 rings (SSSR count). The van der Waals surface area contributed by atoms with E-state index in [0.717, 1.165) is 5.69 Å². The number of rotatable bonds is 0. The summed E-state index contributed by atoms with van der Waals surface area (Å²) in [6.45, 7) is 0. The first kappa shape index (κ1) is 12.0. The molecule has 2 amide bonds. The number of carbonyl (C=O) groups is 2. The summed E-state index contributed by atoms with van der Waals surface area (Å²) in [5.41, 5.74) is 0.363. The van der Waals surface area contributed by atoms with Gasteiger partial charge in [0.25, 0.3) is 17.5 Å². The van der Waals surface area contributed by atoms with Gasteiger partial charge in [-0.05, 0) is 18.2 Å². The minimum atomic E-state index is -1.46. The van der Waals surface area contributed by atoms with Crippen LogP contribution in [0.25, 0.3) is 0 Å². The molecule has 0 aromatic heterocycles. The van der Waals surface area contributed by atoms with Crippen molar-refractivity contribution in [2.24, 2.45) is 0 Å². The van der Waals surface area contributed by atoms with E-state index in [1.54, 1.807) is 37.4 Å². The van der Waals surface area contributed by atoms with Gasteiger partial charge >= 0.3 is 0 Å². The van der Waals surface area contributed by atoms with Gasteiger partial charge in [0.05, 0.1) is 16.8 Å². The lowest BCUT2D eigenvalue weighted by Gasteiger charge is -2.34. The first-order valence-corrected chi connectivity index (χ1v) is 6.62. The predicted molar refractivity (Wildman–Crippen MR) is 76.1 cm³/mol. The van der Waals surface area contributed by atoms with Crippen LogP contribution in [0, 0.1) is 0 Å². The summed E-state index contributed by atoms with van der Waals surface area (Å²) < 4.78 is 5.94. The highest BCUT2D eigenvalue weighted by molar-refractivity contribution is 6.11. The predicted octanol–water partition coefficient (Wildman–Crippen LogP) is 1.64. The molecule has 104 valence electrons. The highest BCUT2D eigenvalue weighted by atomic mass is 16.5. The number of nitrogens with zero attached hydrogens (tertiary/aromatic N) is 1. The van der Waals surface area contributed by atoms with Crippen molar-refractivity contribution >= 4 is 17.5 Å². The van der Waals surface area contributed by atoms with E-state index in [1.165, 1.54) is 4.90 Å². The fourth-order valence-electron chi connectivity index (χ4n) is 2.90. The van der Waals surface area contributed by atoms with Crippen molar-refractivity contribution in [2.45, 2.75) is 5.72 Å². The molecule has 2 aromatic rings. The molecule has 1 spiro atoms. The molecule has 1 N–H and O–H groups in total. The minimum Gasteiger partial charge on any atom is -0.453 e. The van der Waals surface area contributed by atoms with E-state index in [0.29, 0.717) is 16.9 Å². The van der Waals surface area contributed by atoms with Gasteiger partial charge in [-0.15, -0.1) is 0 Å². The molecule has 2 aliphatic heterocycles. The molecule has 0 aliphatic carbocycles. The lowest BCUT2D eigenvalue weighted by molar-refractivity contribution is -0.135. The molecule has 2 heterocycles. The molecule has 0 fully saturated rings. The highest BCUT2D eigenvalue weighted by Gasteiger charge is 2.55. The Labute approximate surface area is 121 Å². The van der Waals surface area contributed by atoms with Crippen LogP contribution >= 0.6 is 0 Å². The SMILES string of the molecule is CN1C(=O)[C@@]2(NC(=O)c3ccccc3O2)c2ccccc21. The number of anilines is 1. The largest absolute Gasteiger partial charge is 0.453 e. The second kappa shape index (κ2) is 3.85. The van der Waals surface area contributed by atoms with Gasteiger partial charge in [-0.1, -0.05) is 30.3 Å². The standard InChI is InChI=1S/C16H12N2O3/c1-18-12-8-4-3-7-11(12)16(15(18)20)17-14(19)10-6-2-5-9-13(10)21-16/h2-9H,1H3,(H,17,19)/t16-/m1/s1. The molecule has 0 saturated heterocycles. The van der Waals surface area contributed by atoms with Crippen LogP contribution in [0.5, 0.6) is 5.75 Å². The summed E-state index contributed by atoms with van der Waals surface area (Å²) in [4.78, 5) is 26.5. The zero-order valence-electron chi connectivity index (χ0n) is 11.3. The van der Waals surface area contributed by atoms with Gasteiger partial charge in [-0.3, -0.25) is 9.59 Å². The van der Waals surface area contributed by atoms with Crippen LogP contribution in [0.4, 0.5) is 5.69 Å². The molecule has 5 nitrogen and oxygen atoms in total. The quantitative estimate of drug-likeness (QED) is 0.798. The molecule has 1 atom stereocenters. The summed E-state index contributed by atoms with van der Waals surface area (Å²) in [5.74, 6) is -0.193. The molecule has 5 heteroatoms. The lowest BCUT2D eigenvalue weighted by Crippen LogP contribution is -2.58. The smallest absolute Gasteiger partial charge is 0.297 e. The number of fused-ring (bicyclic) bond motifs is 3. The maximum absolute atomic E-state index is 12.7. The highest BCUT2D eigenvalue weighted by Crippen LogP contribution is 2.43. The van der Waals surface area contributed by atoms with Gasteiger partial charge in [-0.2, -0.15) is 0 Å². The van der Waals surface area contributed by atoms with Crippen LogP contribution in [0.1, 0.15) is 15.9 Å². The van der Waals surface area contributed by atoms with Crippen LogP contribution in [0.2, 0.25) is 0 Å².